The summed E-state index contributed by atoms with van der Waals surface area (Å²) in [6, 6.07) is 30.5. The summed E-state index contributed by atoms with van der Waals surface area (Å²) in [5.41, 5.74) is 11.6. The van der Waals surface area contributed by atoms with Gasteiger partial charge in [0.2, 0.25) is 0 Å². The summed E-state index contributed by atoms with van der Waals surface area (Å²) in [6.07, 6.45) is 4.11. The van der Waals surface area contributed by atoms with Crippen molar-refractivity contribution < 1.29 is 0 Å². The second-order valence-electron chi connectivity index (χ2n) is 5.97. The highest BCUT2D eigenvalue weighted by Gasteiger charge is 2.04. The molecule has 0 atom stereocenters. The zero-order chi connectivity index (χ0) is 17.6. The molecule has 0 bridgehead atoms. The number of nitrogens with zero attached hydrogens (tertiary/aromatic N) is 1. The topological polar surface area (TPSA) is 37.0 Å². The molecule has 0 aliphatic heterocycles. The molecule has 4 aromatic rings. The number of fused-ring (bicyclic) bond motifs is 1. The average Bonchev–Trinajstić information content (AvgIpc) is 2.72. The second kappa shape index (κ2) is 7.53. The molecule has 0 aliphatic rings. The molecule has 3 heteroatoms. The van der Waals surface area contributed by atoms with Gasteiger partial charge in [0.15, 0.2) is 0 Å². The van der Waals surface area contributed by atoms with Gasteiger partial charge in [-0.2, -0.15) is 0 Å². The van der Waals surface area contributed by atoms with Crippen molar-refractivity contribution >= 4 is 34.4 Å². The second-order valence-corrected chi connectivity index (χ2v) is 5.97. The molecule has 3 nitrogen and oxygen atoms in total. The number of rotatable bonds is 5. The van der Waals surface area contributed by atoms with Gasteiger partial charge in [-0.1, -0.05) is 72.8 Å². The Bertz CT molecular complexity index is 1020. The van der Waals surface area contributed by atoms with Crippen molar-refractivity contribution in [3.8, 4) is 0 Å². The van der Waals surface area contributed by atoms with Crippen LogP contribution in [0, 0.1) is 0 Å². The Morgan fingerprint density at radius 3 is 2.15 bits per heavy atom. The summed E-state index contributed by atoms with van der Waals surface area (Å²) < 4.78 is 0. The Hall–Kier alpha value is -3.59. The van der Waals surface area contributed by atoms with E-state index in [1.165, 1.54) is 0 Å². The Kier molecular flexibility index (Phi) is 4.61. The third-order valence-corrected chi connectivity index (χ3v) is 4.10. The van der Waals surface area contributed by atoms with Gasteiger partial charge in [-0.05, 0) is 35.9 Å². The summed E-state index contributed by atoms with van der Waals surface area (Å²) in [5.74, 6) is 0. The van der Waals surface area contributed by atoms with Crippen LogP contribution in [0.4, 0.5) is 11.4 Å². The lowest BCUT2D eigenvalue weighted by Crippen LogP contribution is -2.09. The van der Waals surface area contributed by atoms with E-state index in [4.69, 9.17) is 4.98 Å². The molecule has 0 amide bonds. The summed E-state index contributed by atoms with van der Waals surface area (Å²) in [4.78, 5) is 4.75. The van der Waals surface area contributed by atoms with Gasteiger partial charge in [0, 0.05) is 5.39 Å². The third kappa shape index (κ3) is 3.73. The van der Waals surface area contributed by atoms with Crippen LogP contribution in [0.25, 0.3) is 23.1 Å². The van der Waals surface area contributed by atoms with Gasteiger partial charge in [0.25, 0.3) is 0 Å². The Morgan fingerprint density at radius 2 is 1.35 bits per heavy atom. The summed E-state index contributed by atoms with van der Waals surface area (Å²) in [5, 5.41) is 1.08. The normalized spacial score (nSPS) is 10.9. The molecular weight excluding hydrogens is 318 g/mol. The molecule has 0 radical (unpaired) electrons. The predicted molar refractivity (Wildman–Crippen MR) is 111 cm³/mol. The van der Waals surface area contributed by atoms with Gasteiger partial charge >= 0.3 is 0 Å². The summed E-state index contributed by atoms with van der Waals surface area (Å²) in [7, 11) is 0. The lowest BCUT2D eigenvalue weighted by Gasteiger charge is -2.13. The minimum atomic E-state index is 0.907. The molecule has 0 fully saturated rings. The molecule has 1 aromatic heterocycles. The van der Waals surface area contributed by atoms with E-state index >= 15 is 0 Å². The first-order valence-electron chi connectivity index (χ1n) is 8.58. The van der Waals surface area contributed by atoms with Crippen molar-refractivity contribution in [1.29, 1.82) is 0 Å². The molecular formula is C23H19N3. The summed E-state index contributed by atoms with van der Waals surface area (Å²) >= 11 is 0. The van der Waals surface area contributed by atoms with Gasteiger partial charge in [0.1, 0.15) is 0 Å². The molecule has 1 heterocycles. The van der Waals surface area contributed by atoms with E-state index in [1.54, 1.807) is 0 Å². The molecule has 3 aromatic carbocycles. The minimum absolute atomic E-state index is 0.907. The fourth-order valence-corrected chi connectivity index (χ4v) is 2.79. The SMILES string of the molecule is C(=Cc1cc(NNc2ccccc2)c2ccccc2n1)c1ccccc1. The molecule has 4 rings (SSSR count). The van der Waals surface area contributed by atoms with E-state index in [-0.39, 0.29) is 0 Å². The van der Waals surface area contributed by atoms with Crippen molar-refractivity contribution in [2.45, 2.75) is 0 Å². The standard InChI is InChI=1S/C23H19N3/c1-3-9-18(10-4-1)15-16-20-17-23(21-13-7-8-14-22(21)24-20)26-25-19-11-5-2-6-12-19/h1-17,25H,(H,24,26). The van der Waals surface area contributed by atoms with Crippen LogP contribution in [0.15, 0.2) is 91.0 Å². The number of hydrogen-bond acceptors (Lipinski definition) is 3. The monoisotopic (exact) mass is 337 g/mol. The molecule has 26 heavy (non-hydrogen) atoms. The van der Waals surface area contributed by atoms with Crippen LogP contribution in [0.1, 0.15) is 11.3 Å². The quantitative estimate of drug-likeness (QED) is 0.449. The third-order valence-electron chi connectivity index (χ3n) is 4.10. The maximum absolute atomic E-state index is 4.75. The van der Waals surface area contributed by atoms with Crippen molar-refractivity contribution in [3.05, 3.63) is 102 Å². The van der Waals surface area contributed by atoms with Gasteiger partial charge < -0.3 is 10.9 Å². The van der Waals surface area contributed by atoms with Crippen LogP contribution in [-0.4, -0.2) is 4.98 Å². The van der Waals surface area contributed by atoms with Crippen molar-refractivity contribution in [3.63, 3.8) is 0 Å². The highest BCUT2D eigenvalue weighted by Crippen LogP contribution is 2.24. The van der Waals surface area contributed by atoms with Gasteiger partial charge in [-0.15, -0.1) is 0 Å². The van der Waals surface area contributed by atoms with E-state index < -0.39 is 0 Å². The van der Waals surface area contributed by atoms with Gasteiger partial charge in [-0.25, -0.2) is 4.98 Å². The average molecular weight is 337 g/mol. The lowest BCUT2D eigenvalue weighted by molar-refractivity contribution is 1.35. The van der Waals surface area contributed by atoms with E-state index in [2.05, 4.69) is 41.2 Å². The predicted octanol–water partition coefficient (Wildman–Crippen LogP) is 5.84. The van der Waals surface area contributed by atoms with Crippen molar-refractivity contribution in [1.82, 2.24) is 4.98 Å². The number of para-hydroxylation sites is 2. The number of pyridine rings is 1. The fraction of sp³-hybridized carbons (Fsp3) is 0. The van der Waals surface area contributed by atoms with Gasteiger partial charge in [0.05, 0.1) is 22.6 Å². The molecule has 126 valence electrons. The van der Waals surface area contributed by atoms with E-state index in [0.717, 1.165) is 33.5 Å². The fourth-order valence-electron chi connectivity index (χ4n) is 2.79. The number of benzene rings is 3. The molecule has 0 spiro atoms. The van der Waals surface area contributed by atoms with E-state index in [9.17, 15) is 0 Å². The highest BCUT2D eigenvalue weighted by atomic mass is 15.4. The van der Waals surface area contributed by atoms with Gasteiger partial charge in [-0.3, -0.25) is 0 Å². The maximum atomic E-state index is 4.75. The number of hydrazine groups is 1. The van der Waals surface area contributed by atoms with Crippen molar-refractivity contribution in [2.24, 2.45) is 0 Å². The smallest absolute Gasteiger partial charge is 0.0730 e. The molecule has 2 N–H and O–H groups in total. The molecule has 0 saturated carbocycles. The highest BCUT2D eigenvalue weighted by molar-refractivity contribution is 5.93. The maximum Gasteiger partial charge on any atom is 0.0730 e. The Balaban J connectivity index is 1.65. The number of hydrogen-bond donors (Lipinski definition) is 2. The minimum Gasteiger partial charge on any atom is -0.301 e. The molecule has 0 aliphatic carbocycles. The van der Waals surface area contributed by atoms with Crippen LogP contribution in [0.3, 0.4) is 0 Å². The first-order chi connectivity index (χ1) is 12.9. The Labute approximate surface area is 153 Å². The summed E-state index contributed by atoms with van der Waals surface area (Å²) in [6.45, 7) is 0. The first-order valence-corrected chi connectivity index (χ1v) is 8.58. The van der Waals surface area contributed by atoms with Crippen LogP contribution in [-0.2, 0) is 0 Å². The number of anilines is 2. The van der Waals surface area contributed by atoms with Crippen LogP contribution in [0.2, 0.25) is 0 Å². The van der Waals surface area contributed by atoms with Crippen LogP contribution >= 0.6 is 0 Å². The van der Waals surface area contributed by atoms with E-state index in [0.29, 0.717) is 0 Å². The first kappa shape index (κ1) is 15.9. The zero-order valence-electron chi connectivity index (χ0n) is 14.3. The van der Waals surface area contributed by atoms with Crippen LogP contribution in [0.5, 0.6) is 0 Å². The molecule has 0 unspecified atom stereocenters. The molecule has 0 saturated heterocycles. The van der Waals surface area contributed by atoms with Crippen molar-refractivity contribution in [2.75, 3.05) is 10.9 Å². The van der Waals surface area contributed by atoms with Crippen LogP contribution < -0.4 is 10.9 Å². The number of nitrogens with one attached hydrogen (secondary N) is 2. The largest absolute Gasteiger partial charge is 0.301 e. The van der Waals surface area contributed by atoms with E-state index in [1.807, 2.05) is 72.8 Å². The lowest BCUT2D eigenvalue weighted by atomic mass is 10.1. The Morgan fingerprint density at radius 1 is 0.654 bits per heavy atom. The number of aromatic nitrogens is 1. The zero-order valence-corrected chi connectivity index (χ0v) is 14.3.